The van der Waals surface area contributed by atoms with Gasteiger partial charge in [0, 0.05) is 17.8 Å². The topological polar surface area (TPSA) is 116 Å². The van der Waals surface area contributed by atoms with Crippen molar-refractivity contribution in [3.05, 3.63) is 82.9 Å². The SMILES string of the molecule is CC(C)c1c(C(=O)N2CCCC2c2ccccc2)nn(-c2ccc(F)cc2)c1CC[C@@H](O)C[C@@H](O)CC(=O)O.[NaH]. The Bertz CT molecular complexity index is 1280. The van der Waals surface area contributed by atoms with Crippen LogP contribution in [0.25, 0.3) is 5.69 Å². The first-order valence-electron chi connectivity index (χ1n) is 13.5. The minimum atomic E-state index is -1.16. The summed E-state index contributed by atoms with van der Waals surface area (Å²) in [6, 6.07) is 15.8. The molecule has 0 saturated carbocycles. The number of benzene rings is 2. The van der Waals surface area contributed by atoms with E-state index < -0.39 is 30.4 Å². The second-order valence-electron chi connectivity index (χ2n) is 10.5. The van der Waals surface area contributed by atoms with Gasteiger partial charge in [-0.15, -0.1) is 0 Å². The van der Waals surface area contributed by atoms with Crippen molar-refractivity contribution in [2.45, 2.75) is 76.5 Å². The summed E-state index contributed by atoms with van der Waals surface area (Å²) in [6.45, 7) is 4.59. The zero-order chi connectivity index (χ0) is 28.1. The van der Waals surface area contributed by atoms with Crippen molar-refractivity contribution in [2.75, 3.05) is 6.54 Å². The van der Waals surface area contributed by atoms with Crippen LogP contribution in [0.3, 0.4) is 0 Å². The number of amides is 1. The Hall–Kier alpha value is -2.56. The van der Waals surface area contributed by atoms with Gasteiger partial charge in [-0.25, -0.2) is 9.07 Å². The maximum absolute atomic E-state index is 14.0. The number of nitrogens with zero attached hydrogens (tertiary/aromatic N) is 3. The van der Waals surface area contributed by atoms with Crippen LogP contribution in [-0.2, 0) is 11.2 Å². The van der Waals surface area contributed by atoms with Crippen molar-refractivity contribution in [3.8, 4) is 5.69 Å². The van der Waals surface area contributed by atoms with Crippen LogP contribution in [-0.4, -0.2) is 90.2 Å². The molecule has 1 saturated heterocycles. The quantitative estimate of drug-likeness (QED) is 0.305. The van der Waals surface area contributed by atoms with E-state index in [0.717, 1.165) is 29.7 Å². The molecule has 2 heterocycles. The zero-order valence-corrected chi connectivity index (χ0v) is 22.3. The van der Waals surface area contributed by atoms with Gasteiger partial charge in [0.1, 0.15) is 5.82 Å². The Balaban J connectivity index is 0.00000441. The van der Waals surface area contributed by atoms with Gasteiger partial charge in [-0.1, -0.05) is 44.2 Å². The van der Waals surface area contributed by atoms with Gasteiger partial charge in [0.25, 0.3) is 5.91 Å². The van der Waals surface area contributed by atoms with E-state index in [1.165, 1.54) is 12.1 Å². The first-order chi connectivity index (χ1) is 18.7. The van der Waals surface area contributed by atoms with E-state index in [4.69, 9.17) is 10.2 Å². The molecule has 1 amide bonds. The molecular weight excluding hydrogens is 524 g/mol. The summed E-state index contributed by atoms with van der Waals surface area (Å²) in [5.74, 6) is -1.76. The van der Waals surface area contributed by atoms with E-state index in [1.54, 1.807) is 16.8 Å². The van der Waals surface area contributed by atoms with Crippen LogP contribution in [0.2, 0.25) is 0 Å². The normalized spacial score (nSPS) is 16.6. The number of aliphatic carboxylic acids is 1. The van der Waals surface area contributed by atoms with Gasteiger partial charge in [0.2, 0.25) is 0 Å². The molecule has 8 nitrogen and oxygen atoms in total. The van der Waals surface area contributed by atoms with Crippen LogP contribution >= 0.6 is 0 Å². The number of hydrogen-bond acceptors (Lipinski definition) is 5. The molecular formula is C30H37FN3NaO5. The monoisotopic (exact) mass is 561 g/mol. The van der Waals surface area contributed by atoms with Gasteiger partial charge in [0.05, 0.1) is 30.4 Å². The zero-order valence-electron chi connectivity index (χ0n) is 22.3. The number of aromatic nitrogens is 2. The van der Waals surface area contributed by atoms with Crippen LogP contribution in [0.15, 0.2) is 54.6 Å². The van der Waals surface area contributed by atoms with Crippen molar-refractivity contribution < 1.29 is 29.3 Å². The van der Waals surface area contributed by atoms with Crippen molar-refractivity contribution in [1.29, 1.82) is 0 Å². The van der Waals surface area contributed by atoms with Gasteiger partial charge in [-0.05, 0) is 67.9 Å². The molecule has 4 rings (SSSR count). The molecule has 0 aliphatic carbocycles. The minimum absolute atomic E-state index is 0. The number of rotatable bonds is 11. The molecule has 10 heteroatoms. The van der Waals surface area contributed by atoms with E-state index in [0.29, 0.717) is 24.3 Å². The Morgan fingerprint density at radius 2 is 1.73 bits per heavy atom. The average Bonchev–Trinajstić information content (AvgIpc) is 3.53. The van der Waals surface area contributed by atoms with E-state index >= 15 is 0 Å². The number of carboxylic acid groups (broad SMARTS) is 1. The summed E-state index contributed by atoms with van der Waals surface area (Å²) in [4.78, 5) is 26.8. The van der Waals surface area contributed by atoms with Gasteiger partial charge in [-0.3, -0.25) is 9.59 Å². The van der Waals surface area contributed by atoms with Crippen LogP contribution in [0.5, 0.6) is 0 Å². The van der Waals surface area contributed by atoms with E-state index in [-0.39, 0.29) is 60.3 Å². The van der Waals surface area contributed by atoms with Gasteiger partial charge >= 0.3 is 35.5 Å². The van der Waals surface area contributed by atoms with Gasteiger partial charge < -0.3 is 20.2 Å². The van der Waals surface area contributed by atoms with Crippen molar-refractivity contribution in [2.24, 2.45) is 0 Å². The second-order valence-corrected chi connectivity index (χ2v) is 10.5. The van der Waals surface area contributed by atoms with Crippen molar-refractivity contribution in [3.63, 3.8) is 0 Å². The Labute approximate surface area is 256 Å². The third kappa shape index (κ3) is 7.59. The standard InChI is InChI=1S/C30H36FN3O5.Na.H/c1-19(2)28-26(15-14-23(35)17-24(36)18-27(37)38)34(22-12-10-21(31)11-13-22)32-29(28)30(39)33-16-6-9-25(33)20-7-4-3-5-8-20;;/h3-5,7-8,10-13,19,23-25,35-36H,6,9,14-18H2,1-2H3,(H,37,38);;/t23-,24-,25?;;/m1../s1. The Morgan fingerprint density at radius 1 is 1.05 bits per heavy atom. The maximum atomic E-state index is 14.0. The predicted octanol–water partition coefficient (Wildman–Crippen LogP) is 3.98. The second kappa shape index (κ2) is 14.4. The molecule has 1 aromatic heterocycles. The van der Waals surface area contributed by atoms with Gasteiger partial charge in [-0.2, -0.15) is 5.10 Å². The Morgan fingerprint density at radius 3 is 2.35 bits per heavy atom. The molecule has 40 heavy (non-hydrogen) atoms. The van der Waals surface area contributed by atoms with Crippen LogP contribution in [0.1, 0.15) is 85.2 Å². The third-order valence-electron chi connectivity index (χ3n) is 7.24. The molecule has 1 aliphatic heterocycles. The molecule has 1 fully saturated rings. The fourth-order valence-electron chi connectivity index (χ4n) is 5.45. The number of carbonyl (C=O) groups is 2. The number of carbonyl (C=O) groups excluding carboxylic acids is 1. The van der Waals surface area contributed by atoms with Crippen molar-refractivity contribution in [1.82, 2.24) is 14.7 Å². The fourth-order valence-corrected chi connectivity index (χ4v) is 5.45. The number of hydrogen-bond donors (Lipinski definition) is 3. The molecule has 2 aromatic carbocycles. The number of aliphatic hydroxyl groups is 2. The summed E-state index contributed by atoms with van der Waals surface area (Å²) >= 11 is 0. The number of halogens is 1. The van der Waals surface area contributed by atoms with E-state index in [1.807, 2.05) is 49.1 Å². The van der Waals surface area contributed by atoms with E-state index in [9.17, 15) is 24.2 Å². The summed E-state index contributed by atoms with van der Waals surface area (Å²) < 4.78 is 15.4. The number of carboxylic acids is 1. The summed E-state index contributed by atoms with van der Waals surface area (Å²) in [5, 5.41) is 34.2. The van der Waals surface area contributed by atoms with Crippen LogP contribution < -0.4 is 0 Å². The van der Waals surface area contributed by atoms with Gasteiger partial charge in [0.15, 0.2) is 5.69 Å². The summed E-state index contributed by atoms with van der Waals surface area (Å²) in [5.41, 5.74) is 3.50. The average molecular weight is 562 g/mol. The number of aliphatic hydroxyl groups excluding tert-OH is 2. The molecule has 210 valence electrons. The summed E-state index contributed by atoms with van der Waals surface area (Å²) in [6.07, 6.45) is -0.323. The van der Waals surface area contributed by atoms with Crippen LogP contribution in [0, 0.1) is 5.82 Å². The molecule has 1 unspecified atom stereocenters. The molecule has 0 bridgehead atoms. The molecule has 3 aromatic rings. The first-order valence-corrected chi connectivity index (χ1v) is 13.5. The first kappa shape index (κ1) is 32.0. The Kier molecular flexibility index (Phi) is 11.5. The van der Waals surface area contributed by atoms with Crippen molar-refractivity contribution >= 4 is 41.4 Å². The summed E-state index contributed by atoms with van der Waals surface area (Å²) in [7, 11) is 0. The molecule has 1 aliphatic rings. The van der Waals surface area contributed by atoms with Crippen LogP contribution in [0.4, 0.5) is 4.39 Å². The number of likely N-dealkylation sites (tertiary alicyclic amines) is 1. The predicted molar refractivity (Wildman–Crippen MR) is 151 cm³/mol. The molecule has 0 radical (unpaired) electrons. The molecule has 0 spiro atoms. The third-order valence-corrected chi connectivity index (χ3v) is 7.24. The fraction of sp³-hybridized carbons (Fsp3) is 0.433. The molecule has 3 atom stereocenters. The molecule has 3 N–H and O–H groups in total. The van der Waals surface area contributed by atoms with E-state index in [2.05, 4.69) is 0 Å².